The van der Waals surface area contributed by atoms with E-state index in [1.54, 1.807) is 0 Å². The lowest BCUT2D eigenvalue weighted by molar-refractivity contribution is 1.23. The standard InChI is InChI=1S/C50H34BN3/c1-3-21-37(22-4-1)52-46-29-13-11-27-42(46)51-43-28-12-14-30-47(43)53(38-23-5-2-6-24-38)49-34-39(33-48(52)50(49)51)54(44-31-15-19-35-17-7-9-25-40(35)44)45-32-16-20-36-18-8-10-26-41(36)45/h1-34H. The number of hydrogen-bond acceptors (Lipinski definition) is 3. The molecule has 0 spiro atoms. The van der Waals surface area contributed by atoms with Crippen molar-refractivity contribution in [2.45, 2.75) is 0 Å². The molecule has 0 amide bonds. The smallest absolute Gasteiger partial charge is 0.252 e. The van der Waals surface area contributed by atoms with Gasteiger partial charge in [-0.2, -0.15) is 0 Å². The first-order chi connectivity index (χ1) is 26.8. The van der Waals surface area contributed by atoms with Gasteiger partial charge in [-0.25, -0.2) is 0 Å². The van der Waals surface area contributed by atoms with Crippen LogP contribution in [0.2, 0.25) is 0 Å². The Balaban J connectivity index is 1.29. The Morgan fingerprint density at radius 2 is 0.759 bits per heavy atom. The molecule has 9 aromatic carbocycles. The first-order valence-corrected chi connectivity index (χ1v) is 18.7. The molecule has 0 radical (unpaired) electrons. The Morgan fingerprint density at radius 3 is 1.26 bits per heavy atom. The van der Waals surface area contributed by atoms with Gasteiger partial charge in [0.15, 0.2) is 0 Å². The maximum atomic E-state index is 2.49. The largest absolute Gasteiger partial charge is 0.311 e. The molecule has 0 aliphatic carbocycles. The van der Waals surface area contributed by atoms with Crippen molar-refractivity contribution in [2.24, 2.45) is 0 Å². The Morgan fingerprint density at radius 1 is 0.352 bits per heavy atom. The average Bonchev–Trinajstić information content (AvgIpc) is 3.24. The van der Waals surface area contributed by atoms with Crippen molar-refractivity contribution in [3.8, 4) is 0 Å². The molecular formula is C50H34BN3. The molecule has 2 heterocycles. The fourth-order valence-corrected chi connectivity index (χ4v) is 8.94. The molecule has 2 aliphatic heterocycles. The first-order valence-electron chi connectivity index (χ1n) is 18.7. The minimum Gasteiger partial charge on any atom is -0.311 e. The lowest BCUT2D eigenvalue weighted by atomic mass is 9.33. The van der Waals surface area contributed by atoms with Crippen molar-refractivity contribution in [1.82, 2.24) is 0 Å². The summed E-state index contributed by atoms with van der Waals surface area (Å²) in [5.74, 6) is 0. The second kappa shape index (κ2) is 12.3. The highest BCUT2D eigenvalue weighted by molar-refractivity contribution is 7.00. The van der Waals surface area contributed by atoms with Gasteiger partial charge in [0.25, 0.3) is 6.71 Å². The summed E-state index contributed by atoms with van der Waals surface area (Å²) >= 11 is 0. The fourth-order valence-electron chi connectivity index (χ4n) is 8.94. The lowest BCUT2D eigenvalue weighted by Gasteiger charge is -2.45. The number of anilines is 9. The van der Waals surface area contributed by atoms with E-state index >= 15 is 0 Å². The zero-order chi connectivity index (χ0) is 35.6. The molecule has 0 saturated carbocycles. The Hall–Kier alpha value is -7.04. The van der Waals surface area contributed by atoms with Crippen molar-refractivity contribution in [2.75, 3.05) is 14.7 Å². The lowest BCUT2D eigenvalue weighted by Crippen LogP contribution is -2.61. The zero-order valence-electron chi connectivity index (χ0n) is 29.5. The number of hydrogen-bond donors (Lipinski definition) is 0. The summed E-state index contributed by atoms with van der Waals surface area (Å²) in [5.41, 5.74) is 14.3. The summed E-state index contributed by atoms with van der Waals surface area (Å²) in [6.07, 6.45) is 0. The summed E-state index contributed by atoms with van der Waals surface area (Å²) in [7, 11) is 0. The maximum absolute atomic E-state index is 2.49. The van der Waals surface area contributed by atoms with E-state index in [-0.39, 0.29) is 6.71 Å². The van der Waals surface area contributed by atoms with E-state index < -0.39 is 0 Å². The highest BCUT2D eigenvalue weighted by Gasteiger charge is 2.43. The van der Waals surface area contributed by atoms with E-state index in [4.69, 9.17) is 0 Å². The van der Waals surface area contributed by atoms with Crippen LogP contribution in [-0.2, 0) is 0 Å². The molecule has 11 rings (SSSR count). The van der Waals surface area contributed by atoms with Crippen molar-refractivity contribution in [1.29, 1.82) is 0 Å². The number of fused-ring (bicyclic) bond motifs is 6. The predicted octanol–water partition coefficient (Wildman–Crippen LogP) is 11.5. The summed E-state index contributed by atoms with van der Waals surface area (Å²) in [6, 6.07) is 75.4. The van der Waals surface area contributed by atoms with Crippen LogP contribution in [0.4, 0.5) is 51.2 Å². The van der Waals surface area contributed by atoms with E-state index in [2.05, 4.69) is 221 Å². The molecule has 54 heavy (non-hydrogen) atoms. The quantitative estimate of drug-likeness (QED) is 0.167. The van der Waals surface area contributed by atoms with Crippen molar-refractivity contribution >= 4 is 95.8 Å². The van der Waals surface area contributed by atoms with Gasteiger partial charge in [0, 0.05) is 44.9 Å². The second-order valence-electron chi connectivity index (χ2n) is 14.1. The van der Waals surface area contributed by atoms with Gasteiger partial charge < -0.3 is 14.7 Å². The molecule has 0 atom stereocenters. The van der Waals surface area contributed by atoms with Gasteiger partial charge in [-0.05, 0) is 87.8 Å². The van der Waals surface area contributed by atoms with E-state index in [0.717, 1.165) is 28.4 Å². The molecule has 0 bridgehead atoms. The third-order valence-electron chi connectivity index (χ3n) is 11.2. The molecule has 2 aliphatic rings. The molecule has 0 aromatic heterocycles. The van der Waals surface area contributed by atoms with Gasteiger partial charge >= 0.3 is 0 Å². The first kappa shape index (κ1) is 30.6. The van der Waals surface area contributed by atoms with Crippen LogP contribution in [0.25, 0.3) is 21.5 Å². The van der Waals surface area contributed by atoms with Crippen LogP contribution in [0, 0.1) is 0 Å². The Labute approximate surface area is 315 Å². The molecule has 0 N–H and O–H groups in total. The minimum atomic E-state index is 0.0555. The van der Waals surface area contributed by atoms with Crippen LogP contribution < -0.4 is 31.1 Å². The van der Waals surface area contributed by atoms with Gasteiger partial charge in [-0.15, -0.1) is 0 Å². The van der Waals surface area contributed by atoms with Crippen LogP contribution in [-0.4, -0.2) is 6.71 Å². The SMILES string of the molecule is c1ccc(N2c3ccccc3B3c4ccccc4N(c4ccccc4)c4cc(N(c5cccc6ccccc56)c5cccc6ccccc56)cc2c43)cc1. The number of para-hydroxylation sites is 4. The van der Waals surface area contributed by atoms with Gasteiger partial charge in [-0.3, -0.25) is 0 Å². The molecule has 0 unspecified atom stereocenters. The summed E-state index contributed by atoms with van der Waals surface area (Å²) in [5, 5.41) is 4.82. The van der Waals surface area contributed by atoms with E-state index in [9.17, 15) is 0 Å². The van der Waals surface area contributed by atoms with Gasteiger partial charge in [0.1, 0.15) is 0 Å². The van der Waals surface area contributed by atoms with E-state index in [1.165, 1.54) is 60.7 Å². The maximum Gasteiger partial charge on any atom is 0.252 e. The van der Waals surface area contributed by atoms with Gasteiger partial charge in [0.2, 0.25) is 0 Å². The third kappa shape index (κ3) is 4.63. The zero-order valence-corrected chi connectivity index (χ0v) is 29.5. The average molecular weight is 688 g/mol. The van der Waals surface area contributed by atoms with Crippen LogP contribution in [0.3, 0.4) is 0 Å². The molecule has 0 saturated heterocycles. The monoisotopic (exact) mass is 687 g/mol. The van der Waals surface area contributed by atoms with Crippen molar-refractivity contribution in [3.63, 3.8) is 0 Å². The fraction of sp³-hybridized carbons (Fsp3) is 0. The highest BCUT2D eigenvalue weighted by Crippen LogP contribution is 2.49. The minimum absolute atomic E-state index is 0.0555. The normalized spacial score (nSPS) is 12.7. The highest BCUT2D eigenvalue weighted by atomic mass is 15.2. The second-order valence-corrected chi connectivity index (χ2v) is 14.1. The van der Waals surface area contributed by atoms with Crippen LogP contribution in [0.15, 0.2) is 206 Å². The van der Waals surface area contributed by atoms with Gasteiger partial charge in [0.05, 0.1) is 17.1 Å². The molecule has 0 fully saturated rings. The third-order valence-corrected chi connectivity index (χ3v) is 11.2. The summed E-state index contributed by atoms with van der Waals surface area (Å²) in [4.78, 5) is 7.45. The summed E-state index contributed by atoms with van der Waals surface area (Å²) < 4.78 is 0. The molecule has 3 nitrogen and oxygen atoms in total. The molecule has 9 aromatic rings. The molecule has 252 valence electrons. The number of rotatable bonds is 5. The Bertz CT molecular complexity index is 2670. The van der Waals surface area contributed by atoms with Gasteiger partial charge in [-0.1, -0.05) is 146 Å². The topological polar surface area (TPSA) is 9.72 Å². The van der Waals surface area contributed by atoms with Crippen LogP contribution in [0.1, 0.15) is 0 Å². The van der Waals surface area contributed by atoms with Crippen molar-refractivity contribution in [3.05, 3.63) is 206 Å². The van der Waals surface area contributed by atoms with E-state index in [0.29, 0.717) is 0 Å². The Kier molecular flexibility index (Phi) is 6.96. The van der Waals surface area contributed by atoms with Crippen LogP contribution in [0.5, 0.6) is 0 Å². The van der Waals surface area contributed by atoms with Crippen LogP contribution >= 0.6 is 0 Å². The number of benzene rings is 9. The van der Waals surface area contributed by atoms with Crippen molar-refractivity contribution < 1.29 is 0 Å². The summed E-state index contributed by atoms with van der Waals surface area (Å²) in [6.45, 7) is 0.0555. The predicted molar refractivity (Wildman–Crippen MR) is 230 cm³/mol. The molecule has 4 heteroatoms. The van der Waals surface area contributed by atoms with E-state index in [1.807, 2.05) is 0 Å². The number of nitrogens with zero attached hydrogens (tertiary/aromatic N) is 3. The molecular weight excluding hydrogens is 653 g/mol.